The summed E-state index contributed by atoms with van der Waals surface area (Å²) in [6.45, 7) is 0. The van der Waals surface area contributed by atoms with Gasteiger partial charge in [-0.1, -0.05) is 23.7 Å². The molecule has 2 N–H and O–H groups in total. The van der Waals surface area contributed by atoms with Gasteiger partial charge < -0.3 is 10.4 Å². The maximum Gasteiger partial charge on any atom is 0.336 e. The Morgan fingerprint density at radius 3 is 2.61 bits per heavy atom. The highest BCUT2D eigenvalue weighted by Gasteiger charge is 2.12. The highest BCUT2D eigenvalue weighted by atomic mass is 35.5. The van der Waals surface area contributed by atoms with E-state index in [4.69, 9.17) is 16.7 Å². The Labute approximate surface area is 112 Å². The van der Waals surface area contributed by atoms with Crippen LogP contribution in [0.15, 0.2) is 35.7 Å². The SMILES string of the molecule is O=C(O)c1csc(NC(=O)c2ccccc2Cl)c1. The Kier molecular flexibility index (Phi) is 3.64. The van der Waals surface area contributed by atoms with Crippen molar-refractivity contribution in [3.05, 3.63) is 51.9 Å². The van der Waals surface area contributed by atoms with Crippen LogP contribution in [0.5, 0.6) is 0 Å². The molecule has 0 spiro atoms. The van der Waals surface area contributed by atoms with Gasteiger partial charge in [0.15, 0.2) is 0 Å². The molecule has 6 heteroatoms. The zero-order valence-electron chi connectivity index (χ0n) is 9.01. The van der Waals surface area contributed by atoms with Crippen LogP contribution in [-0.2, 0) is 0 Å². The maximum atomic E-state index is 11.9. The number of rotatable bonds is 3. The molecule has 0 radical (unpaired) electrons. The number of thiophene rings is 1. The second kappa shape index (κ2) is 5.20. The van der Waals surface area contributed by atoms with Crippen LogP contribution in [0, 0.1) is 0 Å². The quantitative estimate of drug-likeness (QED) is 0.906. The summed E-state index contributed by atoms with van der Waals surface area (Å²) < 4.78 is 0. The summed E-state index contributed by atoms with van der Waals surface area (Å²) in [5, 5.41) is 13.7. The monoisotopic (exact) mass is 281 g/mol. The summed E-state index contributed by atoms with van der Waals surface area (Å²) in [6, 6.07) is 8.06. The highest BCUT2D eigenvalue weighted by Crippen LogP contribution is 2.22. The molecule has 0 bridgehead atoms. The lowest BCUT2D eigenvalue weighted by atomic mass is 10.2. The number of amides is 1. The van der Waals surface area contributed by atoms with E-state index in [-0.39, 0.29) is 11.5 Å². The zero-order chi connectivity index (χ0) is 13.1. The van der Waals surface area contributed by atoms with Crippen LogP contribution >= 0.6 is 22.9 Å². The largest absolute Gasteiger partial charge is 0.478 e. The van der Waals surface area contributed by atoms with E-state index >= 15 is 0 Å². The number of aromatic carboxylic acids is 1. The van der Waals surface area contributed by atoms with Crippen molar-refractivity contribution in [1.29, 1.82) is 0 Å². The summed E-state index contributed by atoms with van der Waals surface area (Å²) >= 11 is 7.04. The average Bonchev–Trinajstić information content (AvgIpc) is 2.78. The molecule has 92 valence electrons. The fourth-order valence-electron chi connectivity index (χ4n) is 1.34. The molecular formula is C12H8ClNO3S. The minimum Gasteiger partial charge on any atom is -0.478 e. The number of anilines is 1. The topological polar surface area (TPSA) is 66.4 Å². The molecule has 0 unspecified atom stereocenters. The summed E-state index contributed by atoms with van der Waals surface area (Å²) in [5.74, 6) is -1.39. The lowest BCUT2D eigenvalue weighted by molar-refractivity contribution is 0.0697. The lowest BCUT2D eigenvalue weighted by Crippen LogP contribution is -2.11. The van der Waals surface area contributed by atoms with E-state index in [2.05, 4.69) is 5.32 Å². The number of carboxylic acids is 1. The van der Waals surface area contributed by atoms with E-state index in [1.54, 1.807) is 24.3 Å². The molecular weight excluding hydrogens is 274 g/mol. The summed E-state index contributed by atoms with van der Waals surface area (Å²) in [5.41, 5.74) is 0.499. The fraction of sp³-hybridized carbons (Fsp3) is 0. The van der Waals surface area contributed by atoms with Crippen molar-refractivity contribution in [3.8, 4) is 0 Å². The normalized spacial score (nSPS) is 10.1. The van der Waals surface area contributed by atoms with Crippen LogP contribution in [0.4, 0.5) is 5.00 Å². The van der Waals surface area contributed by atoms with Crippen molar-refractivity contribution in [2.45, 2.75) is 0 Å². The van der Waals surface area contributed by atoms with Crippen LogP contribution in [0.3, 0.4) is 0 Å². The Hall–Kier alpha value is -1.85. The van der Waals surface area contributed by atoms with Gasteiger partial charge in [0, 0.05) is 5.38 Å². The molecule has 0 aliphatic carbocycles. The number of carbonyl (C=O) groups is 2. The van der Waals surface area contributed by atoms with E-state index in [9.17, 15) is 9.59 Å². The van der Waals surface area contributed by atoms with Crippen molar-refractivity contribution in [1.82, 2.24) is 0 Å². The molecule has 0 saturated heterocycles. The van der Waals surface area contributed by atoms with Gasteiger partial charge >= 0.3 is 5.97 Å². The Morgan fingerprint density at radius 2 is 2.00 bits per heavy atom. The minimum atomic E-state index is -1.02. The molecule has 18 heavy (non-hydrogen) atoms. The number of carbonyl (C=O) groups excluding carboxylic acids is 1. The summed E-state index contributed by atoms with van der Waals surface area (Å²) in [6.07, 6.45) is 0. The first-order valence-electron chi connectivity index (χ1n) is 4.95. The minimum absolute atomic E-state index is 0.148. The smallest absolute Gasteiger partial charge is 0.336 e. The van der Waals surface area contributed by atoms with Gasteiger partial charge in [0.25, 0.3) is 5.91 Å². The molecule has 2 aromatic rings. The van der Waals surface area contributed by atoms with Crippen LogP contribution in [-0.4, -0.2) is 17.0 Å². The van der Waals surface area contributed by atoms with Crippen LogP contribution < -0.4 is 5.32 Å². The lowest BCUT2D eigenvalue weighted by Gasteiger charge is -2.03. The van der Waals surface area contributed by atoms with Gasteiger partial charge in [-0.25, -0.2) is 4.79 Å². The molecule has 1 aromatic carbocycles. The molecule has 2 rings (SSSR count). The molecule has 0 aliphatic rings. The number of nitrogens with one attached hydrogen (secondary N) is 1. The van der Waals surface area contributed by atoms with Crippen LogP contribution in [0.25, 0.3) is 0 Å². The molecule has 0 aliphatic heterocycles. The predicted molar refractivity (Wildman–Crippen MR) is 70.7 cm³/mol. The van der Waals surface area contributed by atoms with Gasteiger partial charge in [0.1, 0.15) is 0 Å². The fourth-order valence-corrected chi connectivity index (χ4v) is 2.33. The van der Waals surface area contributed by atoms with E-state index < -0.39 is 5.97 Å². The van der Waals surface area contributed by atoms with Crippen molar-refractivity contribution in [3.63, 3.8) is 0 Å². The molecule has 1 amide bonds. The van der Waals surface area contributed by atoms with Gasteiger partial charge in [-0.05, 0) is 18.2 Å². The third-order valence-corrected chi connectivity index (χ3v) is 3.38. The van der Waals surface area contributed by atoms with E-state index in [0.29, 0.717) is 15.6 Å². The molecule has 1 heterocycles. The molecule has 0 saturated carbocycles. The first kappa shape index (κ1) is 12.6. The van der Waals surface area contributed by atoms with E-state index in [0.717, 1.165) is 11.3 Å². The van der Waals surface area contributed by atoms with Gasteiger partial charge in [0.2, 0.25) is 0 Å². The number of hydrogen-bond donors (Lipinski definition) is 2. The molecule has 1 aromatic heterocycles. The third-order valence-electron chi connectivity index (χ3n) is 2.20. The molecule has 0 fully saturated rings. The third kappa shape index (κ3) is 2.69. The van der Waals surface area contributed by atoms with Crippen molar-refractivity contribution in [2.75, 3.05) is 5.32 Å². The summed E-state index contributed by atoms with van der Waals surface area (Å²) in [4.78, 5) is 22.6. The highest BCUT2D eigenvalue weighted by molar-refractivity contribution is 7.14. The molecule has 0 atom stereocenters. The van der Waals surface area contributed by atoms with Crippen molar-refractivity contribution in [2.24, 2.45) is 0 Å². The standard InChI is InChI=1S/C12H8ClNO3S/c13-9-4-2-1-3-8(9)11(15)14-10-5-7(6-18-10)12(16)17/h1-6H,(H,14,15)(H,16,17). The zero-order valence-corrected chi connectivity index (χ0v) is 10.6. The van der Waals surface area contributed by atoms with Crippen molar-refractivity contribution < 1.29 is 14.7 Å². The Morgan fingerprint density at radius 1 is 1.28 bits per heavy atom. The van der Waals surface area contributed by atoms with E-state index in [1.165, 1.54) is 11.4 Å². The van der Waals surface area contributed by atoms with Gasteiger partial charge in [-0.2, -0.15) is 0 Å². The number of carboxylic acid groups (broad SMARTS) is 1. The first-order valence-corrected chi connectivity index (χ1v) is 6.21. The van der Waals surface area contributed by atoms with Gasteiger partial charge in [-0.3, -0.25) is 4.79 Å². The van der Waals surface area contributed by atoms with E-state index in [1.807, 2.05) is 0 Å². The number of hydrogen-bond acceptors (Lipinski definition) is 3. The maximum absolute atomic E-state index is 11.9. The predicted octanol–water partition coefficient (Wildman–Crippen LogP) is 3.35. The number of benzene rings is 1. The van der Waals surface area contributed by atoms with Gasteiger partial charge in [-0.15, -0.1) is 11.3 Å². The Bertz CT molecular complexity index is 609. The van der Waals surface area contributed by atoms with Crippen LogP contribution in [0.2, 0.25) is 5.02 Å². The van der Waals surface area contributed by atoms with Crippen molar-refractivity contribution >= 4 is 39.8 Å². The van der Waals surface area contributed by atoms with Crippen LogP contribution in [0.1, 0.15) is 20.7 Å². The second-order valence-corrected chi connectivity index (χ2v) is 4.76. The Balaban J connectivity index is 2.16. The first-order chi connectivity index (χ1) is 8.58. The summed E-state index contributed by atoms with van der Waals surface area (Å²) in [7, 11) is 0. The average molecular weight is 282 g/mol. The second-order valence-electron chi connectivity index (χ2n) is 3.44. The number of halogens is 1. The molecule has 4 nitrogen and oxygen atoms in total. The van der Waals surface area contributed by atoms with Gasteiger partial charge in [0.05, 0.1) is 21.2 Å².